The number of benzene rings is 4. The number of carbonyl (C=O) groups is 9. The number of carbonyl (C=O) groups excluding carboxylic acids is 7. The Kier molecular flexibility index (Phi) is 68.3. The molecule has 2 aliphatic rings. The zero-order valence-corrected chi connectivity index (χ0v) is 75.5. The average Bonchev–Trinajstić information content (AvgIpc) is 1.70. The van der Waals surface area contributed by atoms with Crippen molar-refractivity contribution >= 4 is 142 Å². The Morgan fingerprint density at radius 3 is 0.967 bits per heavy atom. The summed E-state index contributed by atoms with van der Waals surface area (Å²) in [7, 11) is 0.138. The van der Waals surface area contributed by atoms with Gasteiger partial charge in [-0.05, 0) is 179 Å². The maximum absolute atomic E-state index is 11.9. The van der Waals surface area contributed by atoms with Gasteiger partial charge in [0.1, 0.15) is 33.0 Å². The second-order valence-electron chi connectivity index (χ2n) is 26.6. The number of carboxylic acids is 2. The van der Waals surface area contributed by atoms with Gasteiger partial charge >= 0.3 is 82.2 Å². The van der Waals surface area contributed by atoms with Crippen molar-refractivity contribution in [2.75, 3.05) is 102 Å². The maximum Gasteiger partial charge on any atom is 0.494 e. The molecule has 33 nitrogen and oxygen atoms in total. The largest absolute Gasteiger partial charge is 0.494 e. The number of nitrogens with zero attached hydrogens (tertiary/aromatic N) is 3. The van der Waals surface area contributed by atoms with E-state index < -0.39 is 81.3 Å². The molecule has 0 spiro atoms. The molecule has 4 aromatic carbocycles. The fourth-order valence-electron chi connectivity index (χ4n) is 7.96. The van der Waals surface area contributed by atoms with Crippen LogP contribution in [0.3, 0.4) is 0 Å². The lowest BCUT2D eigenvalue weighted by molar-refractivity contribution is -0.154. The lowest BCUT2D eigenvalue weighted by atomic mass is 9.79. The Balaban J connectivity index is -0.000000650. The molecule has 2 saturated heterocycles. The van der Waals surface area contributed by atoms with Crippen LogP contribution in [0.15, 0.2) is 182 Å². The number of esters is 7. The van der Waals surface area contributed by atoms with Crippen LogP contribution in [0.1, 0.15) is 138 Å². The topological polar surface area (TPSA) is 488 Å². The van der Waals surface area contributed by atoms with Gasteiger partial charge in [0.05, 0.1) is 79.7 Å². The number of hydrogen-bond donors (Lipinski definition) is 11. The molecule has 0 saturated carbocycles. The highest BCUT2D eigenvalue weighted by atomic mass is 79.9. The number of aromatic carboxylic acids is 2. The van der Waals surface area contributed by atoms with Gasteiger partial charge in [-0.25, -0.2) is 43.2 Å². The molecule has 2 aliphatic heterocycles. The van der Waals surface area contributed by atoms with Crippen LogP contribution in [0.5, 0.6) is 0 Å². The second-order valence-corrected chi connectivity index (χ2v) is 28.2. The third-order valence-corrected chi connectivity index (χ3v) is 14.9. The number of halogens is 2. The van der Waals surface area contributed by atoms with Crippen molar-refractivity contribution in [3.05, 3.63) is 205 Å². The van der Waals surface area contributed by atoms with Gasteiger partial charge in [-0.2, -0.15) is 0 Å². The number of pyridine rings is 1. The molecule has 7 rings (SSSR count). The first-order chi connectivity index (χ1) is 57.1. The summed E-state index contributed by atoms with van der Waals surface area (Å²) in [5, 5.41) is 93.5. The lowest BCUT2D eigenvalue weighted by Gasteiger charge is -2.28. The van der Waals surface area contributed by atoms with E-state index in [4.69, 9.17) is 93.4 Å². The van der Waals surface area contributed by atoms with E-state index in [1.807, 2.05) is 45.0 Å². The molecule has 2 fully saturated rings. The van der Waals surface area contributed by atoms with E-state index in [0.717, 1.165) is 17.5 Å². The zero-order chi connectivity index (χ0) is 94.3. The highest BCUT2D eigenvalue weighted by Gasteiger charge is 2.32. The molecule has 674 valence electrons. The van der Waals surface area contributed by atoms with Crippen molar-refractivity contribution in [3.8, 4) is 0 Å². The predicted octanol–water partition coefficient (Wildman–Crippen LogP) is 5.39. The fraction of sp³-hybridized carbons (Fsp3) is 0.422. The van der Waals surface area contributed by atoms with E-state index >= 15 is 0 Å². The minimum atomic E-state index is -1.58. The van der Waals surface area contributed by atoms with E-state index in [9.17, 15) is 43.2 Å². The van der Waals surface area contributed by atoms with Crippen LogP contribution in [0.25, 0.3) is 0 Å². The molecule has 0 bridgehead atoms. The van der Waals surface area contributed by atoms with Gasteiger partial charge in [-0.3, -0.25) is 9.88 Å². The number of carboxylic acid groups (broad SMARTS) is 2. The van der Waals surface area contributed by atoms with E-state index in [1.54, 1.807) is 74.8 Å². The van der Waals surface area contributed by atoms with Crippen LogP contribution in [0.4, 0.5) is 5.69 Å². The number of aliphatic hydroxyl groups excluding tert-OH is 5. The van der Waals surface area contributed by atoms with Crippen LogP contribution in [0.2, 0.25) is 0 Å². The third-order valence-electron chi connectivity index (χ3n) is 14.2. The third kappa shape index (κ3) is 59.4. The Morgan fingerprint density at radius 1 is 0.475 bits per heavy atom. The molecule has 0 amide bonds. The minimum absolute atomic E-state index is 0.00282. The number of rotatable bonds is 28. The number of aromatic nitrogens is 1. The Morgan fingerprint density at radius 2 is 0.754 bits per heavy atom. The van der Waals surface area contributed by atoms with Crippen molar-refractivity contribution < 1.29 is 146 Å². The highest BCUT2D eigenvalue weighted by molar-refractivity contribution is 9.09. The number of hydrogen-bond acceptors (Lipinski definition) is 31. The number of aliphatic hydroxyl groups is 5. The van der Waals surface area contributed by atoms with Crippen LogP contribution in [0, 0.1) is 0 Å². The Hall–Kier alpha value is -9.38. The normalized spacial score (nSPS) is 12.7. The quantitative estimate of drug-likeness (QED) is 0.00568. The van der Waals surface area contributed by atoms with Crippen LogP contribution in [-0.4, -0.2) is 282 Å². The van der Waals surface area contributed by atoms with Crippen molar-refractivity contribution in [2.24, 2.45) is 0 Å². The summed E-state index contributed by atoms with van der Waals surface area (Å²) in [4.78, 5) is 107. The molecule has 1 aromatic heterocycles. The van der Waals surface area contributed by atoms with Crippen molar-refractivity contribution in [2.45, 2.75) is 133 Å². The van der Waals surface area contributed by atoms with Gasteiger partial charge in [0.25, 0.3) is 0 Å². The van der Waals surface area contributed by atoms with Crippen molar-refractivity contribution in [1.29, 1.82) is 0 Å². The van der Waals surface area contributed by atoms with Crippen LogP contribution < -0.4 is 26.8 Å². The number of ether oxygens (including phenoxy) is 6. The van der Waals surface area contributed by atoms with Gasteiger partial charge in [-0.15, -0.1) is 0 Å². The van der Waals surface area contributed by atoms with Crippen LogP contribution in [-0.2, 0) is 71.0 Å². The number of anilines is 1. The van der Waals surface area contributed by atoms with E-state index in [0.29, 0.717) is 59.3 Å². The first kappa shape index (κ1) is 119. The maximum atomic E-state index is 11.9. The van der Waals surface area contributed by atoms with Gasteiger partial charge < -0.3 is 108 Å². The van der Waals surface area contributed by atoms with Crippen LogP contribution >= 0.6 is 31.9 Å². The molecule has 39 heteroatoms. The SMILES string of the molecule is C=C(C)C(=O)OC(=O)C(=C)C.C=C(C)C(=O)OCCBr.C=C(C)C(=O)OCCOC(=O)c1ccc(B(O)O)cc1.C=C(C)C(=O)OCCOC(=O)c1ccc(B2OCC(C)O2)cc1.CC(O)CO.CC(O)CO.CC1COB(c2ccc(C(=O)O)cc2)O1.CCN(C(C)C)C(C)C.CN(C)c1ccncc1.O=C(O)c1ccc(B(O)O)cc1.OCCBr. The average molecular weight is 1840 g/mol. The summed E-state index contributed by atoms with van der Waals surface area (Å²) in [6.45, 7) is 45.2. The van der Waals surface area contributed by atoms with Gasteiger partial charge in [0.2, 0.25) is 0 Å². The zero-order valence-electron chi connectivity index (χ0n) is 72.3. The molecule has 11 N–H and O–H groups in total. The predicted molar refractivity (Wildman–Crippen MR) is 475 cm³/mol. The van der Waals surface area contributed by atoms with Crippen molar-refractivity contribution in [1.82, 2.24) is 9.88 Å². The van der Waals surface area contributed by atoms with Gasteiger partial charge in [0, 0.05) is 82.8 Å². The summed E-state index contributed by atoms with van der Waals surface area (Å²) in [5.41, 5.74) is 5.91. The monoisotopic (exact) mass is 1840 g/mol. The van der Waals surface area contributed by atoms with Gasteiger partial charge in [0.15, 0.2) is 0 Å². The summed E-state index contributed by atoms with van der Waals surface area (Å²) in [5.74, 6) is -5.82. The Bertz CT molecular complexity index is 3840. The molecule has 4 unspecified atom stereocenters. The molecular weight excluding hydrogens is 1720 g/mol. The fourth-order valence-corrected chi connectivity index (χ4v) is 8.12. The highest BCUT2D eigenvalue weighted by Crippen LogP contribution is 2.12. The molecule has 5 aromatic rings. The molecule has 0 radical (unpaired) electrons. The smallest absolute Gasteiger partial charge is 0.478 e. The van der Waals surface area contributed by atoms with E-state index in [2.05, 4.69) is 119 Å². The summed E-state index contributed by atoms with van der Waals surface area (Å²) in [6, 6.07) is 29.7. The Labute approximate surface area is 733 Å². The van der Waals surface area contributed by atoms with E-state index in [-0.39, 0.29) is 116 Å². The van der Waals surface area contributed by atoms with E-state index in [1.165, 1.54) is 88.8 Å². The molecule has 3 heterocycles. The minimum Gasteiger partial charge on any atom is -0.478 e. The summed E-state index contributed by atoms with van der Waals surface area (Å²) < 4.78 is 50.4. The lowest BCUT2D eigenvalue weighted by Crippen LogP contribution is -2.36. The first-order valence-electron chi connectivity index (χ1n) is 37.8. The molecule has 0 aliphatic carbocycles. The standard InChI is InChI=1S/C16H19BO6.C13H15BO6.C10H11BO4.C8H19N.C8H10O3.C7H7BO4.C7H10N2.C6H9BrO2.2C3H8O2.C2H5BrO/c1-11(2)15(18)20-8-9-21-16(19)13-4-6-14(7-5-13)17-22-10-12(3)23-17;1-9(2)12(15)19-7-8-20-13(16)10-3-5-11(6-4-10)14(17)18;1-7-6-14-11(15-7)9-4-2-8(3-5-9)10(12)13;1-6-9(7(2)3)8(4)5;1-5(2)7(9)11-8(10)6(3)4;9-7(10)5-1-3-6(4-2-5)8(11)12;1-9(2)7-3-5-8-6-4-7;1-5(2)6(8)9-4-3-7;2*1-3(5)2-4;3-1-2-4/h4-7,12H,1,8-10H2,2-3H3;3-6,17-18H,1,7-8H2,2H3;2-5,7H,6H2,1H3,(H,12,13);7-8H,6H2,1-5H3;1,3H2,2,4H3;1-4,11-12H,(H,9,10);3-6H,1-2H3;1,3-4H2,2H3;2*3-5H,2H2,1H3;4H,1-2H2. The molecular formula is C83H121B4Br2N3O30. The molecule has 4 atom stereocenters. The first-order valence-corrected chi connectivity index (χ1v) is 40.1. The summed E-state index contributed by atoms with van der Waals surface area (Å²) >= 11 is 6.12. The molecule has 122 heavy (non-hydrogen) atoms. The second kappa shape index (κ2) is 70.1. The number of alkyl halides is 2. The summed E-state index contributed by atoms with van der Waals surface area (Å²) in [6.07, 6.45) is 2.61. The van der Waals surface area contributed by atoms with Crippen molar-refractivity contribution in [3.63, 3.8) is 0 Å². The van der Waals surface area contributed by atoms with Gasteiger partial charge in [-0.1, -0.05) is 120 Å².